The Morgan fingerprint density at radius 2 is 1.93 bits per heavy atom. The highest BCUT2D eigenvalue weighted by molar-refractivity contribution is 7.99. The lowest BCUT2D eigenvalue weighted by Crippen LogP contribution is -2.10. The number of halogens is 2. The van der Waals surface area contributed by atoms with Crippen molar-refractivity contribution in [1.29, 1.82) is 0 Å². The molecule has 1 atom stereocenters. The molecular weight excluding hydrogens is 233 g/mol. The fourth-order valence-electron chi connectivity index (χ4n) is 1.26. The Balaban J connectivity index is 0.00000196. The van der Waals surface area contributed by atoms with Gasteiger partial charge in [-0.2, -0.15) is 0 Å². The van der Waals surface area contributed by atoms with Crippen LogP contribution < -0.4 is 5.73 Å². The summed E-state index contributed by atoms with van der Waals surface area (Å²) in [5.41, 5.74) is 6.80. The second-order valence-electron chi connectivity index (χ2n) is 3.09. The average molecular weight is 250 g/mol. The highest BCUT2D eigenvalue weighted by atomic mass is 35.5. The average Bonchev–Trinajstić information content (AvgIpc) is 2.20. The maximum atomic E-state index is 12.0. The molecule has 0 aliphatic heterocycles. The SMILES string of the molecule is CCSc1ccc([C@@H](N)CCF)cc1.Cl. The molecule has 1 rings (SSSR count). The van der Waals surface area contributed by atoms with Gasteiger partial charge in [-0.15, -0.1) is 24.2 Å². The van der Waals surface area contributed by atoms with E-state index in [-0.39, 0.29) is 25.1 Å². The van der Waals surface area contributed by atoms with Gasteiger partial charge in [-0.3, -0.25) is 4.39 Å². The smallest absolute Gasteiger partial charge is 0.0912 e. The Bertz CT molecular complexity index is 266. The predicted molar refractivity (Wildman–Crippen MR) is 67.6 cm³/mol. The minimum atomic E-state index is -0.355. The molecule has 1 aromatic carbocycles. The molecule has 0 aromatic heterocycles. The number of alkyl halides is 1. The molecular formula is C11H17ClFNS. The fraction of sp³-hybridized carbons (Fsp3) is 0.455. The van der Waals surface area contributed by atoms with E-state index in [9.17, 15) is 4.39 Å². The molecule has 0 radical (unpaired) electrons. The molecule has 1 aromatic rings. The Labute approximate surface area is 101 Å². The van der Waals surface area contributed by atoms with Crippen LogP contribution in [0.4, 0.5) is 4.39 Å². The quantitative estimate of drug-likeness (QED) is 0.808. The summed E-state index contributed by atoms with van der Waals surface area (Å²) in [5, 5.41) is 0. The lowest BCUT2D eigenvalue weighted by Gasteiger charge is -2.10. The molecule has 0 saturated carbocycles. The van der Waals surface area contributed by atoms with Crippen LogP contribution in [0.25, 0.3) is 0 Å². The number of benzene rings is 1. The zero-order valence-corrected chi connectivity index (χ0v) is 10.4. The number of rotatable bonds is 5. The van der Waals surface area contributed by atoms with Gasteiger partial charge in [0.05, 0.1) is 6.67 Å². The summed E-state index contributed by atoms with van der Waals surface area (Å²) in [4.78, 5) is 1.24. The summed E-state index contributed by atoms with van der Waals surface area (Å²) >= 11 is 1.79. The molecule has 0 bridgehead atoms. The van der Waals surface area contributed by atoms with E-state index in [1.165, 1.54) is 4.90 Å². The van der Waals surface area contributed by atoms with Crippen molar-refractivity contribution in [2.24, 2.45) is 5.73 Å². The Morgan fingerprint density at radius 1 is 1.33 bits per heavy atom. The van der Waals surface area contributed by atoms with Crippen molar-refractivity contribution in [1.82, 2.24) is 0 Å². The van der Waals surface area contributed by atoms with Gasteiger partial charge in [-0.05, 0) is 29.9 Å². The molecule has 0 fully saturated rings. The van der Waals surface area contributed by atoms with Crippen LogP contribution in [0.3, 0.4) is 0 Å². The third-order valence-corrected chi connectivity index (χ3v) is 2.93. The summed E-state index contributed by atoms with van der Waals surface area (Å²) < 4.78 is 12.0. The third-order valence-electron chi connectivity index (χ3n) is 2.04. The third kappa shape index (κ3) is 4.87. The van der Waals surface area contributed by atoms with Crippen LogP contribution in [0.5, 0.6) is 0 Å². The van der Waals surface area contributed by atoms with E-state index in [2.05, 4.69) is 6.92 Å². The van der Waals surface area contributed by atoms with Gasteiger partial charge in [0.2, 0.25) is 0 Å². The first-order valence-electron chi connectivity index (χ1n) is 4.82. The normalized spacial score (nSPS) is 11.9. The summed E-state index contributed by atoms with van der Waals surface area (Å²) in [6.07, 6.45) is 0.403. The van der Waals surface area contributed by atoms with Crippen molar-refractivity contribution >= 4 is 24.2 Å². The molecule has 1 nitrogen and oxygen atoms in total. The van der Waals surface area contributed by atoms with Gasteiger partial charge in [0.25, 0.3) is 0 Å². The summed E-state index contributed by atoms with van der Waals surface area (Å²) in [7, 11) is 0. The predicted octanol–water partition coefficient (Wildman–Crippen LogP) is 3.58. The molecule has 0 spiro atoms. The van der Waals surface area contributed by atoms with Crippen molar-refractivity contribution in [2.45, 2.75) is 24.3 Å². The van der Waals surface area contributed by atoms with E-state index in [1.807, 2.05) is 24.3 Å². The van der Waals surface area contributed by atoms with Crippen molar-refractivity contribution in [2.75, 3.05) is 12.4 Å². The minimum absolute atomic E-state index is 0. The van der Waals surface area contributed by atoms with Gasteiger partial charge < -0.3 is 5.73 Å². The molecule has 0 aliphatic carbocycles. The van der Waals surface area contributed by atoms with E-state index in [0.29, 0.717) is 6.42 Å². The van der Waals surface area contributed by atoms with Crippen LogP contribution in [-0.4, -0.2) is 12.4 Å². The van der Waals surface area contributed by atoms with Crippen LogP contribution in [0.15, 0.2) is 29.2 Å². The number of hydrogen-bond donors (Lipinski definition) is 1. The van der Waals surface area contributed by atoms with Gasteiger partial charge in [0, 0.05) is 10.9 Å². The fourth-order valence-corrected chi connectivity index (χ4v) is 1.92. The molecule has 0 amide bonds. The molecule has 0 heterocycles. The number of hydrogen-bond acceptors (Lipinski definition) is 2. The van der Waals surface area contributed by atoms with E-state index in [0.717, 1.165) is 11.3 Å². The van der Waals surface area contributed by atoms with Gasteiger partial charge in [0.1, 0.15) is 0 Å². The van der Waals surface area contributed by atoms with Crippen LogP contribution in [-0.2, 0) is 0 Å². The first kappa shape index (κ1) is 14.8. The maximum absolute atomic E-state index is 12.0. The zero-order valence-electron chi connectivity index (χ0n) is 8.78. The van der Waals surface area contributed by atoms with Crippen LogP contribution in [0.1, 0.15) is 24.9 Å². The van der Waals surface area contributed by atoms with Crippen molar-refractivity contribution in [3.8, 4) is 0 Å². The standard InChI is InChI=1S/C11H16FNS.ClH/c1-2-14-10-5-3-9(4-6-10)11(13)7-8-12;/h3-6,11H,2,7-8,13H2,1H3;1H/t11-;/m0./s1. The van der Waals surface area contributed by atoms with Gasteiger partial charge >= 0.3 is 0 Å². The first-order valence-corrected chi connectivity index (χ1v) is 5.80. The first-order chi connectivity index (χ1) is 6.77. The topological polar surface area (TPSA) is 26.0 Å². The largest absolute Gasteiger partial charge is 0.324 e. The second-order valence-corrected chi connectivity index (χ2v) is 4.42. The highest BCUT2D eigenvalue weighted by Gasteiger charge is 2.04. The van der Waals surface area contributed by atoms with Crippen molar-refractivity contribution in [3.05, 3.63) is 29.8 Å². The second kappa shape index (κ2) is 7.97. The molecule has 4 heteroatoms. The maximum Gasteiger partial charge on any atom is 0.0912 e. The zero-order chi connectivity index (χ0) is 10.4. The van der Waals surface area contributed by atoms with E-state index in [1.54, 1.807) is 11.8 Å². The molecule has 0 unspecified atom stereocenters. The lowest BCUT2D eigenvalue weighted by atomic mass is 10.1. The Hall–Kier alpha value is -0.250. The van der Waals surface area contributed by atoms with Gasteiger partial charge in [-0.25, -0.2) is 0 Å². The van der Waals surface area contributed by atoms with Crippen molar-refractivity contribution < 1.29 is 4.39 Å². The van der Waals surface area contributed by atoms with E-state index < -0.39 is 0 Å². The molecule has 0 aliphatic rings. The van der Waals surface area contributed by atoms with E-state index in [4.69, 9.17) is 5.73 Å². The van der Waals surface area contributed by atoms with E-state index >= 15 is 0 Å². The van der Waals surface area contributed by atoms with Gasteiger partial charge in [-0.1, -0.05) is 19.1 Å². The van der Waals surface area contributed by atoms with Crippen LogP contribution in [0.2, 0.25) is 0 Å². The summed E-state index contributed by atoms with van der Waals surface area (Å²) in [6, 6.07) is 7.89. The summed E-state index contributed by atoms with van der Waals surface area (Å²) in [5.74, 6) is 1.07. The lowest BCUT2D eigenvalue weighted by molar-refractivity contribution is 0.442. The van der Waals surface area contributed by atoms with Crippen LogP contribution >= 0.6 is 24.2 Å². The number of nitrogens with two attached hydrogens (primary N) is 1. The minimum Gasteiger partial charge on any atom is -0.324 e. The molecule has 86 valence electrons. The highest BCUT2D eigenvalue weighted by Crippen LogP contribution is 2.21. The van der Waals surface area contributed by atoms with Gasteiger partial charge in [0.15, 0.2) is 0 Å². The monoisotopic (exact) mass is 249 g/mol. The summed E-state index contributed by atoms with van der Waals surface area (Å²) in [6.45, 7) is 1.76. The number of thioether (sulfide) groups is 1. The Morgan fingerprint density at radius 3 is 2.40 bits per heavy atom. The van der Waals surface area contributed by atoms with Crippen LogP contribution in [0, 0.1) is 0 Å². The molecule has 2 N–H and O–H groups in total. The Kier molecular flexibility index (Phi) is 7.83. The molecule has 0 saturated heterocycles. The molecule has 15 heavy (non-hydrogen) atoms. The van der Waals surface area contributed by atoms with Crippen molar-refractivity contribution in [3.63, 3.8) is 0 Å².